The van der Waals surface area contributed by atoms with E-state index in [-0.39, 0.29) is 11.8 Å². The fourth-order valence-corrected chi connectivity index (χ4v) is 5.89. The van der Waals surface area contributed by atoms with E-state index >= 15 is 0 Å². The lowest BCUT2D eigenvalue weighted by Gasteiger charge is -2.22. The Morgan fingerprint density at radius 2 is 1.22 bits per heavy atom. The van der Waals surface area contributed by atoms with Gasteiger partial charge in [-0.05, 0) is 61.6 Å². The SMILES string of the molecule is [C-]#[N+]c1ccc2c(ccc3c4c(c5ccc6ccccc6c5c32)C(=O)N([C@@H](C)c2ccccc2)C4=O)c1. The predicted octanol–water partition coefficient (Wildman–Crippen LogP) is 8.21. The van der Waals surface area contributed by atoms with E-state index in [1.807, 2.05) is 91.9 Å². The Bertz CT molecular complexity index is 2000. The van der Waals surface area contributed by atoms with Crippen molar-refractivity contribution in [2.24, 2.45) is 0 Å². The highest BCUT2D eigenvalue weighted by atomic mass is 16.2. The van der Waals surface area contributed by atoms with Gasteiger partial charge in [-0.3, -0.25) is 14.5 Å². The summed E-state index contributed by atoms with van der Waals surface area (Å²) < 4.78 is 0. The van der Waals surface area contributed by atoms with Crippen molar-refractivity contribution in [1.29, 1.82) is 0 Å². The van der Waals surface area contributed by atoms with Gasteiger partial charge in [0, 0.05) is 0 Å². The third-order valence-electron chi connectivity index (χ3n) is 7.63. The molecule has 0 radical (unpaired) electrons. The Hall–Kier alpha value is -5.01. The summed E-state index contributed by atoms with van der Waals surface area (Å²) in [4.78, 5) is 33.1. The van der Waals surface area contributed by atoms with Crippen LogP contribution >= 0.6 is 0 Å². The fraction of sp³-hybridized carbons (Fsp3) is 0.0606. The van der Waals surface area contributed by atoms with Gasteiger partial charge in [0.2, 0.25) is 0 Å². The maximum atomic E-state index is 14.0. The molecule has 1 aliphatic heterocycles. The predicted molar refractivity (Wildman–Crippen MR) is 148 cm³/mol. The van der Waals surface area contributed by atoms with Crippen LogP contribution in [0.4, 0.5) is 5.69 Å². The molecule has 4 heteroatoms. The van der Waals surface area contributed by atoms with E-state index in [9.17, 15) is 9.59 Å². The molecular formula is C33H20N2O2. The zero-order valence-electron chi connectivity index (χ0n) is 20.0. The monoisotopic (exact) mass is 476 g/mol. The second kappa shape index (κ2) is 7.74. The average molecular weight is 477 g/mol. The molecule has 0 fully saturated rings. The number of carbonyl (C=O) groups is 2. The van der Waals surface area contributed by atoms with E-state index in [4.69, 9.17) is 6.57 Å². The van der Waals surface area contributed by atoms with Gasteiger partial charge in [0.25, 0.3) is 11.8 Å². The number of rotatable bonds is 2. The van der Waals surface area contributed by atoms with Crippen LogP contribution in [0.1, 0.15) is 39.2 Å². The van der Waals surface area contributed by atoms with Gasteiger partial charge in [-0.1, -0.05) is 91.0 Å². The van der Waals surface area contributed by atoms with E-state index in [2.05, 4.69) is 17.0 Å². The third kappa shape index (κ3) is 2.89. The number of nitrogens with zero attached hydrogens (tertiary/aromatic N) is 2. The minimum Gasteiger partial charge on any atom is -0.269 e. The molecule has 0 aromatic heterocycles. The maximum Gasteiger partial charge on any atom is 0.262 e. The molecule has 6 aromatic carbocycles. The molecular weight excluding hydrogens is 456 g/mol. The van der Waals surface area contributed by atoms with Crippen LogP contribution in [0, 0.1) is 6.57 Å². The Morgan fingerprint density at radius 3 is 1.89 bits per heavy atom. The minimum atomic E-state index is -0.402. The smallest absolute Gasteiger partial charge is 0.262 e. The largest absolute Gasteiger partial charge is 0.269 e. The van der Waals surface area contributed by atoms with E-state index in [1.165, 1.54) is 4.90 Å². The zero-order valence-corrected chi connectivity index (χ0v) is 20.0. The fourth-order valence-electron chi connectivity index (χ4n) is 5.89. The number of hydrogen-bond donors (Lipinski definition) is 0. The van der Waals surface area contributed by atoms with E-state index in [0.29, 0.717) is 16.8 Å². The first kappa shape index (κ1) is 21.3. The van der Waals surface area contributed by atoms with Gasteiger partial charge in [0.1, 0.15) is 0 Å². The van der Waals surface area contributed by atoms with Gasteiger partial charge in [-0.15, -0.1) is 0 Å². The highest BCUT2D eigenvalue weighted by Crippen LogP contribution is 2.45. The molecule has 0 N–H and O–H groups in total. The summed E-state index contributed by atoms with van der Waals surface area (Å²) in [5, 5.41) is 7.44. The summed E-state index contributed by atoms with van der Waals surface area (Å²) in [6, 6.07) is 30.9. The van der Waals surface area contributed by atoms with Crippen molar-refractivity contribution in [3.05, 3.63) is 125 Å². The number of carbonyl (C=O) groups excluding carboxylic acids is 2. The lowest BCUT2D eigenvalue weighted by atomic mass is 9.87. The van der Waals surface area contributed by atoms with Crippen LogP contribution < -0.4 is 0 Å². The Kier molecular flexibility index (Phi) is 4.46. The topological polar surface area (TPSA) is 41.7 Å². The zero-order chi connectivity index (χ0) is 25.3. The summed E-state index contributed by atoms with van der Waals surface area (Å²) in [6.07, 6.45) is 0. The van der Waals surface area contributed by atoms with E-state index < -0.39 is 6.04 Å². The normalized spacial score (nSPS) is 14.0. The molecule has 0 unspecified atom stereocenters. The molecule has 174 valence electrons. The van der Waals surface area contributed by atoms with Crippen LogP contribution in [0.3, 0.4) is 0 Å². The van der Waals surface area contributed by atoms with Crippen molar-refractivity contribution in [3.63, 3.8) is 0 Å². The van der Waals surface area contributed by atoms with Gasteiger partial charge >= 0.3 is 0 Å². The molecule has 0 spiro atoms. The molecule has 7 rings (SSSR count). The molecule has 1 aliphatic rings. The summed E-state index contributed by atoms with van der Waals surface area (Å²) in [5.74, 6) is -0.532. The van der Waals surface area contributed by atoms with Crippen molar-refractivity contribution in [2.45, 2.75) is 13.0 Å². The lowest BCUT2D eigenvalue weighted by Crippen LogP contribution is -2.32. The second-order valence-corrected chi connectivity index (χ2v) is 9.53. The van der Waals surface area contributed by atoms with Crippen molar-refractivity contribution in [1.82, 2.24) is 4.90 Å². The summed E-state index contributed by atoms with van der Waals surface area (Å²) in [5.41, 5.74) is 2.41. The number of imide groups is 1. The summed E-state index contributed by atoms with van der Waals surface area (Å²) in [6.45, 7) is 9.34. The molecule has 0 bridgehead atoms. The number of benzene rings is 6. The Morgan fingerprint density at radius 1 is 0.649 bits per heavy atom. The minimum absolute atomic E-state index is 0.262. The third-order valence-corrected chi connectivity index (χ3v) is 7.63. The highest BCUT2D eigenvalue weighted by molar-refractivity contribution is 6.39. The molecule has 6 aromatic rings. The number of amides is 2. The van der Waals surface area contributed by atoms with Crippen LogP contribution in [0.5, 0.6) is 0 Å². The van der Waals surface area contributed by atoms with Crippen molar-refractivity contribution in [2.75, 3.05) is 0 Å². The van der Waals surface area contributed by atoms with Crippen LogP contribution in [0.2, 0.25) is 0 Å². The highest BCUT2D eigenvalue weighted by Gasteiger charge is 2.42. The lowest BCUT2D eigenvalue weighted by molar-refractivity contribution is 0.0596. The van der Waals surface area contributed by atoms with Crippen LogP contribution in [-0.4, -0.2) is 16.7 Å². The van der Waals surface area contributed by atoms with Crippen molar-refractivity contribution in [3.8, 4) is 0 Å². The first-order valence-electron chi connectivity index (χ1n) is 12.2. The molecule has 1 heterocycles. The number of fused-ring (bicyclic) bond motifs is 10. The molecule has 37 heavy (non-hydrogen) atoms. The van der Waals surface area contributed by atoms with Gasteiger partial charge in [-0.2, -0.15) is 0 Å². The molecule has 2 amide bonds. The van der Waals surface area contributed by atoms with Gasteiger partial charge in [-0.25, -0.2) is 4.85 Å². The molecule has 0 saturated carbocycles. The average Bonchev–Trinajstić information content (AvgIpc) is 3.22. The van der Waals surface area contributed by atoms with Crippen LogP contribution in [-0.2, 0) is 0 Å². The van der Waals surface area contributed by atoms with Gasteiger partial charge < -0.3 is 0 Å². The number of hydrogen-bond acceptors (Lipinski definition) is 2. The maximum absolute atomic E-state index is 14.0. The Labute approximate surface area is 213 Å². The Balaban J connectivity index is 1.64. The summed E-state index contributed by atoms with van der Waals surface area (Å²) in [7, 11) is 0. The van der Waals surface area contributed by atoms with Gasteiger partial charge in [0.15, 0.2) is 5.69 Å². The molecule has 0 aliphatic carbocycles. The second-order valence-electron chi connectivity index (χ2n) is 9.53. The van der Waals surface area contributed by atoms with Crippen molar-refractivity contribution >= 4 is 60.6 Å². The molecule has 1 atom stereocenters. The quantitative estimate of drug-likeness (QED) is 0.144. The summed E-state index contributed by atoms with van der Waals surface area (Å²) >= 11 is 0. The van der Waals surface area contributed by atoms with E-state index in [0.717, 1.165) is 48.7 Å². The molecule has 0 saturated heterocycles. The van der Waals surface area contributed by atoms with Crippen LogP contribution in [0.25, 0.3) is 47.9 Å². The first-order chi connectivity index (χ1) is 18.1. The van der Waals surface area contributed by atoms with Crippen LogP contribution in [0.15, 0.2) is 97.1 Å². The standard InChI is InChI=1S/C33H20N2O2/c1-19(20-8-4-3-5-9-20)35-32(36)30-26-15-12-21-10-6-7-11-24(21)28(26)29-25-17-14-23(34-2)18-22(25)13-16-27(29)31(30)33(35)37/h3-19H,1H3/t19-/m0/s1. The van der Waals surface area contributed by atoms with Crippen molar-refractivity contribution < 1.29 is 9.59 Å². The van der Waals surface area contributed by atoms with E-state index in [1.54, 1.807) is 0 Å². The molecule has 4 nitrogen and oxygen atoms in total. The first-order valence-corrected chi connectivity index (χ1v) is 12.2. The van der Waals surface area contributed by atoms with Gasteiger partial charge in [0.05, 0.1) is 23.7 Å².